The van der Waals surface area contributed by atoms with Gasteiger partial charge < -0.3 is 5.32 Å². The van der Waals surface area contributed by atoms with Crippen LogP contribution in [-0.4, -0.2) is 20.4 Å². The molecule has 3 aromatic heterocycles. The monoisotopic (exact) mass is 468 g/mol. The molecule has 0 saturated carbocycles. The van der Waals surface area contributed by atoms with Crippen molar-refractivity contribution in [2.45, 2.75) is 33.7 Å². The standard InChI is InChI=1S/C27H24N4O2S/c1-4-22-30-24-19-13-14-21(18-10-6-5-7-11-18)29-26(19)34-25(24)27(33)31(22)15-23(32)28-20-12-8-9-16(2)17(20)3/h5-14H,4,15H2,1-3H3,(H,28,32). The summed E-state index contributed by atoms with van der Waals surface area (Å²) in [7, 11) is 0. The van der Waals surface area contributed by atoms with Crippen molar-refractivity contribution in [2.24, 2.45) is 0 Å². The van der Waals surface area contributed by atoms with Gasteiger partial charge in [0.1, 0.15) is 21.9 Å². The van der Waals surface area contributed by atoms with E-state index in [0.29, 0.717) is 22.5 Å². The van der Waals surface area contributed by atoms with E-state index in [4.69, 9.17) is 9.97 Å². The summed E-state index contributed by atoms with van der Waals surface area (Å²) in [5.74, 6) is 0.331. The first-order valence-electron chi connectivity index (χ1n) is 11.2. The van der Waals surface area contributed by atoms with Crippen LogP contribution in [0.25, 0.3) is 31.7 Å². The molecule has 34 heavy (non-hydrogen) atoms. The average Bonchev–Trinajstić information content (AvgIpc) is 3.22. The second-order valence-corrected chi connectivity index (χ2v) is 9.26. The molecule has 3 heterocycles. The van der Waals surface area contributed by atoms with Crippen molar-refractivity contribution in [3.63, 3.8) is 0 Å². The lowest BCUT2D eigenvalue weighted by molar-refractivity contribution is -0.116. The number of thiophene rings is 1. The number of amides is 1. The summed E-state index contributed by atoms with van der Waals surface area (Å²) in [6, 6.07) is 19.7. The van der Waals surface area contributed by atoms with E-state index in [2.05, 4.69) is 5.32 Å². The smallest absolute Gasteiger partial charge is 0.272 e. The molecule has 5 aromatic rings. The van der Waals surface area contributed by atoms with E-state index in [1.54, 1.807) is 0 Å². The Labute approximate surface area is 200 Å². The number of carbonyl (C=O) groups is 1. The van der Waals surface area contributed by atoms with E-state index in [9.17, 15) is 9.59 Å². The van der Waals surface area contributed by atoms with Gasteiger partial charge in [-0.15, -0.1) is 11.3 Å². The number of nitrogens with zero attached hydrogens (tertiary/aromatic N) is 3. The molecule has 0 aliphatic carbocycles. The summed E-state index contributed by atoms with van der Waals surface area (Å²) < 4.78 is 2.00. The van der Waals surface area contributed by atoms with Gasteiger partial charge in [-0.2, -0.15) is 0 Å². The minimum absolute atomic E-state index is 0.0880. The van der Waals surface area contributed by atoms with Crippen LogP contribution in [0.15, 0.2) is 65.5 Å². The van der Waals surface area contributed by atoms with Crippen molar-refractivity contribution in [3.8, 4) is 11.3 Å². The molecule has 0 unspecified atom stereocenters. The van der Waals surface area contributed by atoms with Crippen molar-refractivity contribution < 1.29 is 4.79 Å². The minimum Gasteiger partial charge on any atom is -0.324 e. The Balaban J connectivity index is 1.55. The van der Waals surface area contributed by atoms with Gasteiger partial charge in [-0.3, -0.25) is 14.2 Å². The summed E-state index contributed by atoms with van der Waals surface area (Å²) in [6.07, 6.45) is 0.537. The topological polar surface area (TPSA) is 76.9 Å². The zero-order valence-corrected chi connectivity index (χ0v) is 20.1. The van der Waals surface area contributed by atoms with Gasteiger partial charge in [0.2, 0.25) is 5.91 Å². The molecule has 0 aliphatic rings. The maximum Gasteiger partial charge on any atom is 0.272 e. The second-order valence-electron chi connectivity index (χ2n) is 8.26. The van der Waals surface area contributed by atoms with Gasteiger partial charge in [-0.05, 0) is 43.2 Å². The first kappa shape index (κ1) is 22.0. The first-order chi connectivity index (χ1) is 16.5. The highest BCUT2D eigenvalue weighted by Gasteiger charge is 2.18. The fraction of sp³-hybridized carbons (Fsp3) is 0.185. The zero-order valence-electron chi connectivity index (χ0n) is 19.3. The van der Waals surface area contributed by atoms with E-state index in [1.807, 2.05) is 81.4 Å². The van der Waals surface area contributed by atoms with Crippen LogP contribution in [0, 0.1) is 13.8 Å². The molecule has 0 spiro atoms. The molecule has 170 valence electrons. The molecule has 0 bridgehead atoms. The molecule has 0 fully saturated rings. The molecule has 7 heteroatoms. The summed E-state index contributed by atoms with van der Waals surface area (Å²) in [6.45, 7) is 5.82. The molecule has 6 nitrogen and oxygen atoms in total. The number of aryl methyl sites for hydroxylation is 2. The van der Waals surface area contributed by atoms with Crippen LogP contribution in [0.3, 0.4) is 0 Å². The van der Waals surface area contributed by atoms with Gasteiger partial charge in [-0.25, -0.2) is 9.97 Å². The number of pyridine rings is 1. The average molecular weight is 469 g/mol. The fourth-order valence-electron chi connectivity index (χ4n) is 4.07. The fourth-order valence-corrected chi connectivity index (χ4v) is 5.14. The van der Waals surface area contributed by atoms with Crippen LogP contribution in [-0.2, 0) is 17.8 Å². The van der Waals surface area contributed by atoms with Crippen LogP contribution >= 0.6 is 11.3 Å². The Bertz CT molecular complexity index is 1600. The van der Waals surface area contributed by atoms with E-state index in [0.717, 1.165) is 38.3 Å². The molecular formula is C27H24N4O2S. The number of hydrogen-bond acceptors (Lipinski definition) is 5. The molecule has 2 aromatic carbocycles. The van der Waals surface area contributed by atoms with Gasteiger partial charge in [0.05, 0.1) is 11.2 Å². The normalized spacial score (nSPS) is 11.3. The summed E-state index contributed by atoms with van der Waals surface area (Å²) in [4.78, 5) is 36.7. The first-order valence-corrected chi connectivity index (χ1v) is 12.0. The Kier molecular flexibility index (Phi) is 5.71. The van der Waals surface area contributed by atoms with Crippen molar-refractivity contribution in [2.75, 3.05) is 5.32 Å². The number of carbonyl (C=O) groups excluding carboxylic acids is 1. The largest absolute Gasteiger partial charge is 0.324 e. The predicted octanol–water partition coefficient (Wildman–Crippen LogP) is 5.49. The predicted molar refractivity (Wildman–Crippen MR) is 139 cm³/mol. The van der Waals surface area contributed by atoms with Gasteiger partial charge in [0.15, 0.2) is 0 Å². The highest BCUT2D eigenvalue weighted by molar-refractivity contribution is 7.25. The lowest BCUT2D eigenvalue weighted by Crippen LogP contribution is -2.30. The van der Waals surface area contributed by atoms with E-state index >= 15 is 0 Å². The number of benzene rings is 2. The highest BCUT2D eigenvalue weighted by Crippen LogP contribution is 2.31. The molecular weight excluding hydrogens is 444 g/mol. The Hall–Kier alpha value is -3.84. The van der Waals surface area contributed by atoms with Crippen LogP contribution in [0.5, 0.6) is 0 Å². The summed E-state index contributed by atoms with van der Waals surface area (Å²) in [5, 5.41) is 3.80. The van der Waals surface area contributed by atoms with Gasteiger partial charge >= 0.3 is 0 Å². The number of rotatable bonds is 5. The maximum absolute atomic E-state index is 13.5. The molecule has 0 atom stereocenters. The maximum atomic E-state index is 13.5. The molecule has 5 rings (SSSR count). The van der Waals surface area contributed by atoms with Crippen molar-refractivity contribution in [1.29, 1.82) is 0 Å². The lowest BCUT2D eigenvalue weighted by atomic mass is 10.1. The van der Waals surface area contributed by atoms with Crippen molar-refractivity contribution >= 4 is 43.4 Å². The van der Waals surface area contributed by atoms with Gasteiger partial charge in [0.25, 0.3) is 5.56 Å². The SMILES string of the molecule is CCc1nc2c(sc3nc(-c4ccccc4)ccc32)c(=O)n1CC(=O)Nc1cccc(C)c1C. The summed E-state index contributed by atoms with van der Waals surface area (Å²) in [5.41, 5.74) is 5.18. The number of hydrogen-bond donors (Lipinski definition) is 1. The van der Waals surface area contributed by atoms with Crippen LogP contribution in [0.1, 0.15) is 23.9 Å². The Morgan fingerprint density at radius 3 is 2.56 bits per heavy atom. The Morgan fingerprint density at radius 2 is 1.79 bits per heavy atom. The van der Waals surface area contributed by atoms with Crippen LogP contribution in [0.2, 0.25) is 0 Å². The Morgan fingerprint density at radius 1 is 1.00 bits per heavy atom. The molecule has 0 aliphatic heterocycles. The second kappa shape index (κ2) is 8.83. The minimum atomic E-state index is -0.253. The molecule has 0 saturated heterocycles. The van der Waals surface area contributed by atoms with Gasteiger partial charge in [0, 0.05) is 23.1 Å². The number of anilines is 1. The van der Waals surface area contributed by atoms with E-state index in [1.165, 1.54) is 15.9 Å². The van der Waals surface area contributed by atoms with Gasteiger partial charge in [-0.1, -0.05) is 49.4 Å². The highest BCUT2D eigenvalue weighted by atomic mass is 32.1. The third kappa shape index (κ3) is 3.88. The third-order valence-electron chi connectivity index (χ3n) is 6.09. The third-order valence-corrected chi connectivity index (χ3v) is 7.16. The van der Waals surface area contributed by atoms with E-state index < -0.39 is 0 Å². The molecule has 1 amide bonds. The lowest BCUT2D eigenvalue weighted by Gasteiger charge is -2.13. The van der Waals surface area contributed by atoms with E-state index in [-0.39, 0.29) is 18.0 Å². The number of aromatic nitrogens is 3. The molecule has 1 N–H and O–H groups in total. The van der Waals surface area contributed by atoms with Crippen LogP contribution < -0.4 is 10.9 Å². The summed E-state index contributed by atoms with van der Waals surface area (Å²) >= 11 is 1.33. The number of nitrogens with one attached hydrogen (secondary N) is 1. The molecule has 0 radical (unpaired) electrons. The van der Waals surface area contributed by atoms with Crippen molar-refractivity contribution in [3.05, 3.63) is 88.0 Å². The number of fused-ring (bicyclic) bond motifs is 3. The zero-order chi connectivity index (χ0) is 23.8. The van der Waals surface area contributed by atoms with Crippen LogP contribution in [0.4, 0.5) is 5.69 Å². The van der Waals surface area contributed by atoms with Crippen molar-refractivity contribution in [1.82, 2.24) is 14.5 Å². The quantitative estimate of drug-likeness (QED) is 0.370.